The second kappa shape index (κ2) is 5.45. The van der Waals surface area contributed by atoms with Crippen LogP contribution in [0.2, 0.25) is 0 Å². The van der Waals surface area contributed by atoms with E-state index >= 15 is 0 Å². The van der Waals surface area contributed by atoms with E-state index in [0.717, 1.165) is 5.56 Å². The summed E-state index contributed by atoms with van der Waals surface area (Å²) in [6.07, 6.45) is 0. The average molecular weight is 243 g/mol. The minimum atomic E-state index is -0.504. The van der Waals surface area contributed by atoms with Gasteiger partial charge in [0, 0.05) is 0 Å². The lowest BCUT2D eigenvalue weighted by Gasteiger charge is -2.14. The van der Waals surface area contributed by atoms with Gasteiger partial charge < -0.3 is 5.32 Å². The molecule has 0 unspecified atom stereocenters. The Balaban J connectivity index is 2.11. The van der Waals surface area contributed by atoms with Gasteiger partial charge in [0.1, 0.15) is 5.82 Å². The topological polar surface area (TPSA) is 29.1 Å². The lowest BCUT2D eigenvalue weighted by atomic mass is 10.1. The summed E-state index contributed by atoms with van der Waals surface area (Å²) in [6, 6.07) is 15.4. The largest absolute Gasteiger partial charge is 0.345 e. The molecular weight excluding hydrogens is 229 g/mol. The lowest BCUT2D eigenvalue weighted by molar-refractivity contribution is 0.0936. The predicted molar refractivity (Wildman–Crippen MR) is 68.7 cm³/mol. The Morgan fingerprint density at radius 1 is 1.06 bits per heavy atom. The van der Waals surface area contributed by atoms with Gasteiger partial charge in [-0.2, -0.15) is 0 Å². The Morgan fingerprint density at radius 2 is 1.67 bits per heavy atom. The smallest absolute Gasteiger partial charge is 0.254 e. The fraction of sp³-hybridized carbons (Fsp3) is 0.133. The maximum Gasteiger partial charge on any atom is 0.254 e. The molecule has 0 radical (unpaired) electrons. The molecule has 0 fully saturated rings. The van der Waals surface area contributed by atoms with Crippen molar-refractivity contribution in [2.24, 2.45) is 0 Å². The zero-order chi connectivity index (χ0) is 13.0. The Hall–Kier alpha value is -2.16. The number of nitrogens with one attached hydrogen (secondary N) is 1. The molecule has 2 nitrogen and oxygen atoms in total. The van der Waals surface area contributed by atoms with E-state index in [1.807, 2.05) is 37.3 Å². The SMILES string of the molecule is C[C@H](NC(=O)c1ccccc1F)c1ccccc1. The van der Waals surface area contributed by atoms with Crippen LogP contribution in [-0.2, 0) is 0 Å². The van der Waals surface area contributed by atoms with Crippen LogP contribution in [0.1, 0.15) is 28.9 Å². The van der Waals surface area contributed by atoms with Gasteiger partial charge in [0.25, 0.3) is 5.91 Å². The summed E-state index contributed by atoms with van der Waals surface area (Å²) in [5, 5.41) is 2.77. The van der Waals surface area contributed by atoms with E-state index in [9.17, 15) is 9.18 Å². The van der Waals surface area contributed by atoms with Crippen molar-refractivity contribution in [1.82, 2.24) is 5.32 Å². The van der Waals surface area contributed by atoms with Crippen molar-refractivity contribution in [3.05, 3.63) is 71.5 Å². The number of carbonyl (C=O) groups excluding carboxylic acids is 1. The predicted octanol–water partition coefficient (Wildman–Crippen LogP) is 3.32. The van der Waals surface area contributed by atoms with Gasteiger partial charge in [-0.05, 0) is 24.6 Å². The Labute approximate surface area is 105 Å². The third-order valence-electron chi connectivity index (χ3n) is 2.77. The number of hydrogen-bond donors (Lipinski definition) is 1. The van der Waals surface area contributed by atoms with Gasteiger partial charge in [-0.15, -0.1) is 0 Å². The number of carbonyl (C=O) groups is 1. The average Bonchev–Trinajstić information content (AvgIpc) is 2.40. The number of hydrogen-bond acceptors (Lipinski definition) is 1. The molecule has 3 heteroatoms. The Morgan fingerprint density at radius 3 is 2.33 bits per heavy atom. The summed E-state index contributed by atoms with van der Waals surface area (Å²) in [5.74, 6) is -0.903. The molecule has 0 aliphatic heterocycles. The molecule has 1 amide bonds. The van der Waals surface area contributed by atoms with Crippen LogP contribution in [0.25, 0.3) is 0 Å². The highest BCUT2D eigenvalue weighted by molar-refractivity contribution is 5.94. The van der Waals surface area contributed by atoms with E-state index in [4.69, 9.17) is 0 Å². The number of benzene rings is 2. The quantitative estimate of drug-likeness (QED) is 0.880. The first-order valence-electron chi connectivity index (χ1n) is 5.79. The lowest BCUT2D eigenvalue weighted by Crippen LogP contribution is -2.27. The van der Waals surface area contributed by atoms with Crippen molar-refractivity contribution in [3.8, 4) is 0 Å². The first-order chi connectivity index (χ1) is 8.68. The molecule has 0 spiro atoms. The standard InChI is InChI=1S/C15H14FNO/c1-11(12-7-3-2-4-8-12)17-15(18)13-9-5-6-10-14(13)16/h2-11H,1H3,(H,17,18)/t11-/m0/s1. The van der Waals surface area contributed by atoms with Crippen LogP contribution in [0, 0.1) is 5.82 Å². The summed E-state index contributed by atoms with van der Waals surface area (Å²) in [4.78, 5) is 11.9. The summed E-state index contributed by atoms with van der Waals surface area (Å²) >= 11 is 0. The Bertz CT molecular complexity index is 539. The van der Waals surface area contributed by atoms with Crippen molar-refractivity contribution in [1.29, 1.82) is 0 Å². The van der Waals surface area contributed by atoms with Gasteiger partial charge in [-0.25, -0.2) is 4.39 Å². The molecule has 2 rings (SSSR count). The normalized spacial score (nSPS) is 11.9. The van der Waals surface area contributed by atoms with Gasteiger partial charge in [0.05, 0.1) is 11.6 Å². The van der Waals surface area contributed by atoms with Crippen molar-refractivity contribution in [2.75, 3.05) is 0 Å². The van der Waals surface area contributed by atoms with E-state index < -0.39 is 11.7 Å². The summed E-state index contributed by atoms with van der Waals surface area (Å²) in [7, 11) is 0. The highest BCUT2D eigenvalue weighted by Gasteiger charge is 2.14. The van der Waals surface area contributed by atoms with Crippen LogP contribution < -0.4 is 5.32 Å². The number of halogens is 1. The molecule has 1 atom stereocenters. The number of rotatable bonds is 3. The van der Waals surface area contributed by atoms with Gasteiger partial charge in [0.2, 0.25) is 0 Å². The van der Waals surface area contributed by atoms with Crippen LogP contribution in [-0.4, -0.2) is 5.91 Å². The van der Waals surface area contributed by atoms with E-state index in [1.165, 1.54) is 12.1 Å². The third kappa shape index (κ3) is 2.74. The molecule has 0 aromatic heterocycles. The maximum absolute atomic E-state index is 13.4. The van der Waals surface area contributed by atoms with Crippen molar-refractivity contribution >= 4 is 5.91 Å². The molecule has 0 saturated carbocycles. The van der Waals surface area contributed by atoms with Crippen LogP contribution in [0.4, 0.5) is 4.39 Å². The maximum atomic E-state index is 13.4. The summed E-state index contributed by atoms with van der Waals surface area (Å²) in [5.41, 5.74) is 1.06. The van der Waals surface area contributed by atoms with E-state index in [-0.39, 0.29) is 11.6 Å². The molecule has 0 aliphatic carbocycles. The molecule has 2 aromatic carbocycles. The first kappa shape index (κ1) is 12.3. The van der Waals surface area contributed by atoms with E-state index in [1.54, 1.807) is 12.1 Å². The fourth-order valence-corrected chi connectivity index (χ4v) is 1.74. The van der Waals surface area contributed by atoms with Crippen molar-refractivity contribution < 1.29 is 9.18 Å². The highest BCUT2D eigenvalue weighted by Crippen LogP contribution is 2.13. The van der Waals surface area contributed by atoms with Crippen LogP contribution in [0.5, 0.6) is 0 Å². The second-order valence-electron chi connectivity index (χ2n) is 4.09. The van der Waals surface area contributed by atoms with Gasteiger partial charge >= 0.3 is 0 Å². The molecule has 0 saturated heterocycles. The molecule has 18 heavy (non-hydrogen) atoms. The first-order valence-corrected chi connectivity index (χ1v) is 5.79. The molecule has 92 valence electrons. The zero-order valence-corrected chi connectivity index (χ0v) is 10.1. The summed E-state index contributed by atoms with van der Waals surface area (Å²) in [6.45, 7) is 1.87. The van der Waals surface area contributed by atoms with Crippen molar-refractivity contribution in [3.63, 3.8) is 0 Å². The second-order valence-corrected chi connectivity index (χ2v) is 4.09. The monoisotopic (exact) mass is 243 g/mol. The summed E-state index contributed by atoms with van der Waals surface area (Å²) < 4.78 is 13.4. The van der Waals surface area contributed by atoms with Crippen molar-refractivity contribution in [2.45, 2.75) is 13.0 Å². The Kier molecular flexibility index (Phi) is 3.72. The van der Waals surface area contributed by atoms with Gasteiger partial charge in [-0.3, -0.25) is 4.79 Å². The minimum absolute atomic E-state index is 0.0697. The van der Waals surface area contributed by atoms with E-state index in [0.29, 0.717) is 0 Å². The van der Waals surface area contributed by atoms with Gasteiger partial charge in [-0.1, -0.05) is 42.5 Å². The molecule has 2 aromatic rings. The minimum Gasteiger partial charge on any atom is -0.345 e. The van der Waals surface area contributed by atoms with Crippen LogP contribution >= 0.6 is 0 Å². The van der Waals surface area contributed by atoms with Crippen LogP contribution in [0.3, 0.4) is 0 Å². The molecule has 0 heterocycles. The van der Waals surface area contributed by atoms with E-state index in [2.05, 4.69) is 5.32 Å². The molecule has 0 bridgehead atoms. The molecular formula is C15H14FNO. The third-order valence-corrected chi connectivity index (χ3v) is 2.77. The highest BCUT2D eigenvalue weighted by atomic mass is 19.1. The molecule has 0 aliphatic rings. The molecule has 1 N–H and O–H groups in total. The zero-order valence-electron chi connectivity index (χ0n) is 10.1. The van der Waals surface area contributed by atoms with Gasteiger partial charge in [0.15, 0.2) is 0 Å². The fourth-order valence-electron chi connectivity index (χ4n) is 1.74. The van der Waals surface area contributed by atoms with Crippen LogP contribution in [0.15, 0.2) is 54.6 Å². The number of amides is 1.